The van der Waals surface area contributed by atoms with E-state index in [4.69, 9.17) is 0 Å². The first kappa shape index (κ1) is 11.5. The van der Waals surface area contributed by atoms with Gasteiger partial charge in [-0.1, -0.05) is 11.8 Å². The van der Waals surface area contributed by atoms with E-state index in [0.29, 0.717) is 5.16 Å². The van der Waals surface area contributed by atoms with Gasteiger partial charge in [-0.25, -0.2) is 0 Å². The van der Waals surface area contributed by atoms with Crippen molar-refractivity contribution in [1.29, 1.82) is 0 Å². The third kappa shape index (κ3) is 1.51. The van der Waals surface area contributed by atoms with E-state index in [1.165, 1.54) is 47.0 Å². The van der Waals surface area contributed by atoms with Crippen LogP contribution in [0.3, 0.4) is 0 Å². The Labute approximate surface area is 115 Å². The number of aryl methyl sites for hydroxylation is 2. The van der Waals surface area contributed by atoms with Crippen molar-refractivity contribution in [2.75, 3.05) is 6.26 Å². The minimum Gasteiger partial charge on any atom is -0.291 e. The summed E-state index contributed by atoms with van der Waals surface area (Å²) in [6, 6.07) is 0. The minimum atomic E-state index is 0.0206. The monoisotopic (exact) mass is 274 g/mol. The Morgan fingerprint density at radius 3 is 2.68 bits per heavy atom. The van der Waals surface area contributed by atoms with E-state index in [2.05, 4.69) is 10.1 Å². The number of nitrogens with one attached hydrogen (secondary N) is 1. The van der Waals surface area contributed by atoms with Crippen molar-refractivity contribution in [2.24, 2.45) is 0 Å². The zero-order chi connectivity index (χ0) is 13.0. The van der Waals surface area contributed by atoms with Crippen LogP contribution in [0.2, 0.25) is 0 Å². The highest BCUT2D eigenvalue weighted by Crippen LogP contribution is 2.32. The lowest BCUT2D eigenvalue weighted by Crippen LogP contribution is -2.40. The smallest absolute Gasteiger partial charge is 0.291 e. The van der Waals surface area contributed by atoms with Crippen LogP contribution < -0.4 is 10.1 Å². The number of hydrogen-bond donors (Lipinski definition) is 1. The third-order valence-corrected chi connectivity index (χ3v) is 4.91. The summed E-state index contributed by atoms with van der Waals surface area (Å²) in [5.74, 6) is 0. The predicted molar refractivity (Wildman–Crippen MR) is 73.8 cm³/mol. The van der Waals surface area contributed by atoms with E-state index >= 15 is 0 Å². The van der Waals surface area contributed by atoms with Crippen molar-refractivity contribution < 1.29 is 4.52 Å². The number of pyridine rings is 1. The van der Waals surface area contributed by atoms with Crippen molar-refractivity contribution in [1.82, 2.24) is 10.1 Å². The van der Waals surface area contributed by atoms with Gasteiger partial charge in [-0.2, -0.15) is 0 Å². The summed E-state index contributed by atoms with van der Waals surface area (Å²) in [6.45, 7) is 0. The highest BCUT2D eigenvalue weighted by Gasteiger charge is 2.34. The van der Waals surface area contributed by atoms with Crippen molar-refractivity contribution >= 4 is 17.3 Å². The molecule has 0 aromatic carbocycles. The Hall–Kier alpha value is -1.36. The first-order chi connectivity index (χ1) is 9.29. The Morgan fingerprint density at radius 1 is 1.11 bits per heavy atom. The number of nitrogens with zero attached hydrogens (tertiary/aromatic N) is 2. The van der Waals surface area contributed by atoms with E-state index in [0.717, 1.165) is 31.2 Å². The van der Waals surface area contributed by atoms with Gasteiger partial charge in [-0.05, 0) is 48.4 Å². The molecule has 0 amide bonds. The molecule has 5 heteroatoms. The van der Waals surface area contributed by atoms with Gasteiger partial charge in [-0.15, -0.1) is 0 Å². The molecule has 0 unspecified atom stereocenters. The summed E-state index contributed by atoms with van der Waals surface area (Å²) in [4.78, 5) is 15.3. The Bertz CT molecular complexity index is 751. The van der Waals surface area contributed by atoms with Crippen LogP contribution in [0.1, 0.15) is 35.2 Å². The van der Waals surface area contributed by atoms with Gasteiger partial charge < -0.3 is 0 Å². The van der Waals surface area contributed by atoms with Crippen molar-refractivity contribution in [2.45, 2.75) is 43.7 Å². The number of H-pyrrole nitrogens is 1. The summed E-state index contributed by atoms with van der Waals surface area (Å²) >= 11 is 1.49. The van der Waals surface area contributed by atoms with Crippen LogP contribution in [-0.2, 0) is 25.7 Å². The maximum Gasteiger partial charge on any atom is 0.325 e. The number of thioether (sulfide) groups is 1. The SMILES string of the molecule is CSc1n[n+]2c3c(c4c(c2c(=O)[nH]1)CCC4)CCC3. The molecule has 19 heavy (non-hydrogen) atoms. The largest absolute Gasteiger partial charge is 0.325 e. The molecule has 2 aliphatic rings. The van der Waals surface area contributed by atoms with Crippen molar-refractivity contribution in [3.05, 3.63) is 32.7 Å². The molecule has 98 valence electrons. The number of fused-ring (bicyclic) bond motifs is 6. The molecular weight excluding hydrogens is 258 g/mol. The second-order valence-corrected chi connectivity index (χ2v) is 6.11. The quantitative estimate of drug-likeness (QED) is 0.628. The molecule has 4 rings (SSSR count). The molecule has 2 heterocycles. The Morgan fingerprint density at radius 2 is 1.84 bits per heavy atom. The van der Waals surface area contributed by atoms with Gasteiger partial charge >= 0.3 is 11.1 Å². The summed E-state index contributed by atoms with van der Waals surface area (Å²) in [6.07, 6.45) is 8.67. The van der Waals surface area contributed by atoms with Crippen LogP contribution in [0.5, 0.6) is 0 Å². The average molecular weight is 274 g/mol. The number of aromatic amines is 1. The minimum absolute atomic E-state index is 0.0206. The summed E-state index contributed by atoms with van der Waals surface area (Å²) < 4.78 is 1.94. The molecule has 0 saturated carbocycles. The molecule has 0 radical (unpaired) electrons. The number of aromatic nitrogens is 3. The van der Waals surface area contributed by atoms with Gasteiger partial charge in [0.05, 0.1) is 0 Å². The zero-order valence-corrected chi connectivity index (χ0v) is 11.8. The number of rotatable bonds is 1. The van der Waals surface area contributed by atoms with E-state index < -0.39 is 0 Å². The standard InChI is InChI=1S/C14H15N3OS/c1-19-14-15-13(18)12-10-6-2-4-8(10)9-5-3-7-11(9)17(12)16-14/h2-7H2,1H3/p+1. The third-order valence-electron chi connectivity index (χ3n) is 4.34. The predicted octanol–water partition coefficient (Wildman–Crippen LogP) is 1.21. The van der Waals surface area contributed by atoms with Gasteiger partial charge in [0.25, 0.3) is 0 Å². The number of hydrogen-bond acceptors (Lipinski definition) is 3. The first-order valence-electron chi connectivity index (χ1n) is 6.85. The van der Waals surface area contributed by atoms with Gasteiger partial charge in [0.2, 0.25) is 10.9 Å². The van der Waals surface area contributed by atoms with E-state index in [-0.39, 0.29) is 5.56 Å². The van der Waals surface area contributed by atoms with Crippen LogP contribution in [0.25, 0.3) is 5.52 Å². The van der Waals surface area contributed by atoms with E-state index in [9.17, 15) is 4.79 Å². The molecule has 0 saturated heterocycles. The second kappa shape index (κ2) is 4.07. The molecule has 0 bridgehead atoms. The Kier molecular flexibility index (Phi) is 2.45. The zero-order valence-electron chi connectivity index (χ0n) is 11.0. The highest BCUT2D eigenvalue weighted by molar-refractivity contribution is 7.98. The topological polar surface area (TPSA) is 49.9 Å². The normalized spacial score (nSPS) is 16.9. The maximum absolute atomic E-state index is 12.4. The van der Waals surface area contributed by atoms with Gasteiger partial charge in [0, 0.05) is 22.6 Å². The van der Waals surface area contributed by atoms with Crippen LogP contribution in [0.4, 0.5) is 0 Å². The second-order valence-electron chi connectivity index (χ2n) is 5.31. The molecule has 1 N–H and O–H groups in total. The van der Waals surface area contributed by atoms with Crippen LogP contribution in [-0.4, -0.2) is 16.3 Å². The fourth-order valence-corrected chi connectivity index (χ4v) is 3.95. The molecule has 0 fully saturated rings. The van der Waals surface area contributed by atoms with E-state index in [1.807, 2.05) is 10.8 Å². The Balaban J connectivity index is 2.20. The van der Waals surface area contributed by atoms with Gasteiger partial charge in [0.1, 0.15) is 0 Å². The van der Waals surface area contributed by atoms with Crippen molar-refractivity contribution in [3.63, 3.8) is 0 Å². The molecule has 0 aliphatic heterocycles. The maximum atomic E-state index is 12.4. The fraction of sp³-hybridized carbons (Fsp3) is 0.500. The summed E-state index contributed by atoms with van der Waals surface area (Å²) in [7, 11) is 0. The molecule has 0 atom stereocenters. The lowest BCUT2D eigenvalue weighted by atomic mass is 10.0. The molecule has 4 nitrogen and oxygen atoms in total. The molecule has 0 spiro atoms. The first-order valence-corrected chi connectivity index (χ1v) is 8.08. The average Bonchev–Trinajstić information content (AvgIpc) is 3.06. The highest BCUT2D eigenvalue weighted by atomic mass is 32.2. The van der Waals surface area contributed by atoms with E-state index in [1.54, 1.807) is 0 Å². The van der Waals surface area contributed by atoms with Crippen LogP contribution >= 0.6 is 11.8 Å². The van der Waals surface area contributed by atoms with Gasteiger partial charge in [0.15, 0.2) is 0 Å². The molecule has 2 aromatic heterocycles. The van der Waals surface area contributed by atoms with Crippen LogP contribution in [0, 0.1) is 0 Å². The van der Waals surface area contributed by atoms with Gasteiger partial charge in [-0.3, -0.25) is 9.78 Å². The van der Waals surface area contributed by atoms with Crippen LogP contribution in [0.15, 0.2) is 9.95 Å². The molecule has 2 aliphatic carbocycles. The van der Waals surface area contributed by atoms with Crippen molar-refractivity contribution in [3.8, 4) is 0 Å². The summed E-state index contributed by atoms with van der Waals surface area (Å²) in [5, 5.41) is 5.33. The molecule has 2 aromatic rings. The summed E-state index contributed by atoms with van der Waals surface area (Å²) in [5.41, 5.74) is 6.28. The lowest BCUT2D eigenvalue weighted by molar-refractivity contribution is -0.595. The molecular formula is C14H16N3OS+. The lowest BCUT2D eigenvalue weighted by Gasteiger charge is -2.05. The fourth-order valence-electron chi connectivity index (χ4n) is 3.60.